The smallest absolute Gasteiger partial charge is 0.390 e. The first kappa shape index (κ1) is 19.2. The van der Waals surface area contributed by atoms with E-state index in [0.29, 0.717) is 12.0 Å². The number of halogens is 3. The molecule has 1 heterocycles. The summed E-state index contributed by atoms with van der Waals surface area (Å²) in [7, 11) is 0. The van der Waals surface area contributed by atoms with Crippen LogP contribution in [-0.4, -0.2) is 22.3 Å². The van der Waals surface area contributed by atoms with Gasteiger partial charge in [0.2, 0.25) is 0 Å². The molecule has 3 aromatic rings. The molecule has 2 aromatic carbocycles. The average molecular weight is 402 g/mol. The van der Waals surface area contributed by atoms with Crippen molar-refractivity contribution in [1.82, 2.24) is 10.5 Å². The van der Waals surface area contributed by atoms with Crippen molar-refractivity contribution in [1.29, 1.82) is 0 Å². The average Bonchev–Trinajstić information content (AvgIpc) is 3.21. The van der Waals surface area contributed by atoms with E-state index in [-0.39, 0.29) is 17.0 Å². The molecular formula is C21H17F3N2O3. The molecule has 1 aliphatic rings. The first-order chi connectivity index (χ1) is 13.8. The van der Waals surface area contributed by atoms with Crippen molar-refractivity contribution >= 4 is 5.91 Å². The highest BCUT2D eigenvalue weighted by molar-refractivity contribution is 6.01. The highest BCUT2D eigenvalue weighted by Gasteiger charge is 2.34. The maximum atomic E-state index is 13.0. The first-order valence-corrected chi connectivity index (χ1v) is 8.96. The molecule has 1 amide bonds. The summed E-state index contributed by atoms with van der Waals surface area (Å²) in [6.07, 6.45) is -4.80. The van der Waals surface area contributed by atoms with E-state index < -0.39 is 29.8 Å². The number of amides is 1. The number of nitrogens with one attached hydrogen (secondary N) is 1. The minimum absolute atomic E-state index is 0.126. The maximum Gasteiger partial charge on any atom is 0.416 e. The van der Waals surface area contributed by atoms with Gasteiger partial charge in [-0.1, -0.05) is 41.6 Å². The van der Waals surface area contributed by atoms with Gasteiger partial charge in [-0.25, -0.2) is 0 Å². The molecule has 1 aliphatic carbocycles. The van der Waals surface area contributed by atoms with Crippen molar-refractivity contribution in [2.75, 3.05) is 0 Å². The monoisotopic (exact) mass is 402 g/mol. The number of nitrogens with zero attached hydrogens (tertiary/aromatic N) is 1. The van der Waals surface area contributed by atoms with Gasteiger partial charge in [0.25, 0.3) is 5.91 Å². The van der Waals surface area contributed by atoms with Crippen molar-refractivity contribution in [3.63, 3.8) is 0 Å². The number of rotatable bonds is 3. The lowest BCUT2D eigenvalue weighted by molar-refractivity contribution is -0.137. The van der Waals surface area contributed by atoms with Gasteiger partial charge in [-0.3, -0.25) is 4.79 Å². The zero-order valence-electron chi connectivity index (χ0n) is 15.3. The summed E-state index contributed by atoms with van der Waals surface area (Å²) in [6.45, 7) is 1.55. The SMILES string of the molecule is Cc1onc(-c2ccc(C(F)(F)F)cc2)c1C(=O)N[C@@H]1c2ccccc2C[C@@H]1O. The molecule has 0 saturated heterocycles. The molecule has 0 saturated carbocycles. The Morgan fingerprint density at radius 2 is 1.86 bits per heavy atom. The quantitative estimate of drug-likeness (QED) is 0.693. The molecule has 0 fully saturated rings. The zero-order valence-corrected chi connectivity index (χ0v) is 15.3. The normalized spacial score (nSPS) is 18.5. The molecule has 1 aromatic heterocycles. The lowest BCUT2D eigenvalue weighted by Crippen LogP contribution is -2.34. The number of aromatic nitrogens is 1. The molecule has 2 N–H and O–H groups in total. The van der Waals surface area contributed by atoms with Crippen LogP contribution < -0.4 is 5.32 Å². The Morgan fingerprint density at radius 3 is 2.55 bits per heavy atom. The third kappa shape index (κ3) is 3.51. The van der Waals surface area contributed by atoms with Crippen molar-refractivity contribution < 1.29 is 27.6 Å². The van der Waals surface area contributed by atoms with Crippen LogP contribution in [0.15, 0.2) is 53.1 Å². The fourth-order valence-corrected chi connectivity index (χ4v) is 3.61. The van der Waals surface area contributed by atoms with Crippen LogP contribution in [0.25, 0.3) is 11.3 Å². The van der Waals surface area contributed by atoms with E-state index in [1.54, 1.807) is 6.92 Å². The number of alkyl halides is 3. The Kier molecular flexibility index (Phi) is 4.66. The second kappa shape index (κ2) is 7.04. The molecule has 0 unspecified atom stereocenters. The van der Waals surface area contributed by atoms with Crippen molar-refractivity contribution in [2.24, 2.45) is 0 Å². The number of aliphatic hydroxyl groups is 1. The van der Waals surface area contributed by atoms with Crippen LogP contribution in [0.5, 0.6) is 0 Å². The molecule has 4 rings (SSSR count). The third-order valence-corrected chi connectivity index (χ3v) is 5.07. The van der Waals surface area contributed by atoms with E-state index in [2.05, 4.69) is 10.5 Å². The number of carbonyl (C=O) groups is 1. The van der Waals surface area contributed by atoms with Gasteiger partial charge in [-0.2, -0.15) is 13.2 Å². The van der Waals surface area contributed by atoms with Crippen LogP contribution in [0.3, 0.4) is 0 Å². The summed E-state index contributed by atoms with van der Waals surface area (Å²) >= 11 is 0. The van der Waals surface area contributed by atoms with Crippen LogP contribution in [0, 0.1) is 6.92 Å². The van der Waals surface area contributed by atoms with Gasteiger partial charge >= 0.3 is 6.18 Å². The number of carbonyl (C=O) groups excluding carboxylic acids is 1. The Hall–Kier alpha value is -3.13. The zero-order chi connectivity index (χ0) is 20.8. The molecule has 5 nitrogen and oxygen atoms in total. The molecule has 0 aliphatic heterocycles. The molecule has 150 valence electrons. The van der Waals surface area contributed by atoms with E-state index in [1.165, 1.54) is 12.1 Å². The van der Waals surface area contributed by atoms with E-state index >= 15 is 0 Å². The molecule has 0 bridgehead atoms. The van der Waals surface area contributed by atoms with Gasteiger partial charge in [-0.05, 0) is 30.2 Å². The summed E-state index contributed by atoms with van der Waals surface area (Å²) in [5.41, 5.74) is 1.59. The molecule has 0 spiro atoms. The van der Waals surface area contributed by atoms with E-state index in [0.717, 1.165) is 23.3 Å². The summed E-state index contributed by atoms with van der Waals surface area (Å²) in [5, 5.41) is 17.0. The molecule has 8 heteroatoms. The predicted octanol–water partition coefficient (Wildman–Crippen LogP) is 4.06. The highest BCUT2D eigenvalue weighted by atomic mass is 19.4. The van der Waals surface area contributed by atoms with Gasteiger partial charge in [0.05, 0.1) is 17.7 Å². The Bertz CT molecular complexity index is 1060. The van der Waals surface area contributed by atoms with Crippen LogP contribution in [-0.2, 0) is 12.6 Å². The predicted molar refractivity (Wildman–Crippen MR) is 98.0 cm³/mol. The van der Waals surface area contributed by atoms with Crippen LogP contribution in [0.1, 0.15) is 38.9 Å². The standard InChI is InChI=1S/C21H17F3N2O3/c1-11-17(18(26-29-11)12-6-8-14(9-7-12)21(22,23)24)20(28)25-19-15-5-3-2-4-13(15)10-16(19)27/h2-9,16,19,27H,10H2,1H3,(H,25,28)/t16-,19+/m0/s1. The van der Waals surface area contributed by atoms with Gasteiger partial charge in [0, 0.05) is 12.0 Å². The van der Waals surface area contributed by atoms with Crippen molar-refractivity contribution in [3.8, 4) is 11.3 Å². The van der Waals surface area contributed by atoms with Crippen LogP contribution in [0.4, 0.5) is 13.2 Å². The van der Waals surface area contributed by atoms with Gasteiger partial charge in [0.1, 0.15) is 17.0 Å². The maximum absolute atomic E-state index is 13.0. The molecule has 0 radical (unpaired) electrons. The van der Waals surface area contributed by atoms with Crippen LogP contribution in [0.2, 0.25) is 0 Å². The second-order valence-corrected chi connectivity index (χ2v) is 6.96. The number of aryl methyl sites for hydroxylation is 1. The lowest BCUT2D eigenvalue weighted by atomic mass is 10.0. The Morgan fingerprint density at radius 1 is 1.17 bits per heavy atom. The minimum atomic E-state index is -4.45. The second-order valence-electron chi connectivity index (χ2n) is 6.96. The minimum Gasteiger partial charge on any atom is -0.390 e. The first-order valence-electron chi connectivity index (χ1n) is 8.96. The summed E-state index contributed by atoms with van der Waals surface area (Å²) in [5.74, 6) is -0.280. The molecule has 2 atom stereocenters. The van der Waals surface area contributed by atoms with Crippen molar-refractivity contribution in [3.05, 3.63) is 76.5 Å². The van der Waals surface area contributed by atoms with E-state index in [9.17, 15) is 23.1 Å². The molecule has 29 heavy (non-hydrogen) atoms. The Labute approximate surface area is 164 Å². The number of hydrogen-bond acceptors (Lipinski definition) is 4. The third-order valence-electron chi connectivity index (χ3n) is 5.07. The van der Waals surface area contributed by atoms with E-state index in [4.69, 9.17) is 4.52 Å². The number of aliphatic hydroxyl groups excluding tert-OH is 1. The summed E-state index contributed by atoms with van der Waals surface area (Å²) < 4.78 is 43.5. The van der Waals surface area contributed by atoms with Crippen molar-refractivity contribution in [2.45, 2.75) is 31.7 Å². The van der Waals surface area contributed by atoms with Crippen LogP contribution >= 0.6 is 0 Å². The number of fused-ring (bicyclic) bond motifs is 1. The molecular weight excluding hydrogens is 385 g/mol. The highest BCUT2D eigenvalue weighted by Crippen LogP contribution is 2.34. The fourth-order valence-electron chi connectivity index (χ4n) is 3.61. The summed E-state index contributed by atoms with van der Waals surface area (Å²) in [4.78, 5) is 13.0. The fraction of sp³-hybridized carbons (Fsp3) is 0.238. The van der Waals surface area contributed by atoms with Gasteiger partial charge < -0.3 is 14.9 Å². The van der Waals surface area contributed by atoms with Gasteiger partial charge in [-0.15, -0.1) is 0 Å². The number of benzene rings is 2. The lowest BCUT2D eigenvalue weighted by Gasteiger charge is -2.18. The van der Waals surface area contributed by atoms with E-state index in [1.807, 2.05) is 24.3 Å². The largest absolute Gasteiger partial charge is 0.416 e. The number of hydrogen-bond donors (Lipinski definition) is 2. The van der Waals surface area contributed by atoms with Gasteiger partial charge in [0.15, 0.2) is 0 Å². The topological polar surface area (TPSA) is 75.4 Å². The Balaban J connectivity index is 1.63. The summed E-state index contributed by atoms with van der Waals surface area (Å²) in [6, 6.07) is 11.2.